The average molecular weight is 263 g/mol. The van der Waals surface area contributed by atoms with Gasteiger partial charge in [0.15, 0.2) is 6.29 Å². The molecule has 1 aliphatic rings. The highest BCUT2D eigenvalue weighted by molar-refractivity contribution is 4.86. The molecule has 1 saturated heterocycles. The van der Waals surface area contributed by atoms with E-state index in [2.05, 4.69) is 5.32 Å². The normalized spacial score (nSPS) is 37.2. The molecule has 1 heterocycles. The fraction of sp³-hybridized carbons (Fsp3) is 1.00. The van der Waals surface area contributed by atoms with Gasteiger partial charge < -0.3 is 30.1 Å². The third kappa shape index (κ3) is 4.15. The molecule has 1 fully saturated rings. The van der Waals surface area contributed by atoms with Gasteiger partial charge in [0.2, 0.25) is 0 Å². The molecular weight excluding hydrogens is 238 g/mol. The summed E-state index contributed by atoms with van der Waals surface area (Å²) in [5.41, 5.74) is 0. The van der Waals surface area contributed by atoms with Gasteiger partial charge in [0, 0.05) is 18.5 Å². The van der Waals surface area contributed by atoms with Crippen molar-refractivity contribution in [3.63, 3.8) is 0 Å². The Morgan fingerprint density at radius 2 is 1.94 bits per heavy atom. The summed E-state index contributed by atoms with van der Waals surface area (Å²) in [6.07, 6.45) is -3.41. The fourth-order valence-corrected chi connectivity index (χ4v) is 1.93. The van der Waals surface area contributed by atoms with E-state index in [1.165, 1.54) is 0 Å². The van der Waals surface area contributed by atoms with Crippen LogP contribution in [0, 0.1) is 5.92 Å². The van der Waals surface area contributed by atoms with Gasteiger partial charge in [-0.3, -0.25) is 0 Å². The largest absolute Gasteiger partial charge is 0.394 e. The van der Waals surface area contributed by atoms with Crippen LogP contribution < -0.4 is 5.32 Å². The molecule has 5 atom stereocenters. The van der Waals surface area contributed by atoms with E-state index in [9.17, 15) is 10.2 Å². The second kappa shape index (κ2) is 7.37. The SMILES string of the molecule is CC(C)NCCOC1OC(CO)C(O)C(O)C1C. The Hall–Kier alpha value is -0.240. The molecular formula is C12H25NO5. The lowest BCUT2D eigenvalue weighted by atomic mass is 9.92. The Balaban J connectivity index is 2.39. The van der Waals surface area contributed by atoms with Gasteiger partial charge in [-0.2, -0.15) is 0 Å². The second-order valence-corrected chi connectivity index (χ2v) is 5.05. The summed E-state index contributed by atoms with van der Waals surface area (Å²) in [5, 5.41) is 31.8. The maximum absolute atomic E-state index is 9.83. The molecule has 6 nitrogen and oxygen atoms in total. The number of aliphatic hydroxyl groups excluding tert-OH is 3. The van der Waals surface area contributed by atoms with E-state index >= 15 is 0 Å². The topological polar surface area (TPSA) is 91.2 Å². The molecule has 6 heteroatoms. The molecule has 5 unspecified atom stereocenters. The number of aliphatic hydroxyl groups is 3. The van der Waals surface area contributed by atoms with E-state index in [1.54, 1.807) is 6.92 Å². The molecule has 0 spiro atoms. The van der Waals surface area contributed by atoms with Crippen molar-refractivity contribution in [1.29, 1.82) is 0 Å². The quantitative estimate of drug-likeness (QED) is 0.463. The molecule has 0 aliphatic carbocycles. The van der Waals surface area contributed by atoms with Crippen molar-refractivity contribution >= 4 is 0 Å². The van der Waals surface area contributed by atoms with Crippen LogP contribution in [0.15, 0.2) is 0 Å². The summed E-state index contributed by atoms with van der Waals surface area (Å²) >= 11 is 0. The molecule has 0 bridgehead atoms. The first-order valence-corrected chi connectivity index (χ1v) is 6.44. The molecule has 18 heavy (non-hydrogen) atoms. The number of ether oxygens (including phenoxy) is 2. The Morgan fingerprint density at radius 3 is 2.50 bits per heavy atom. The summed E-state index contributed by atoms with van der Waals surface area (Å²) in [5.74, 6) is -0.332. The lowest BCUT2D eigenvalue weighted by molar-refractivity contribution is -0.281. The molecule has 0 radical (unpaired) electrons. The molecule has 0 aromatic rings. The summed E-state index contributed by atoms with van der Waals surface area (Å²) in [7, 11) is 0. The Labute approximate surface area is 108 Å². The highest BCUT2D eigenvalue weighted by atomic mass is 16.7. The van der Waals surface area contributed by atoms with Gasteiger partial charge in [-0.1, -0.05) is 20.8 Å². The Bertz CT molecular complexity index is 237. The third-order valence-electron chi connectivity index (χ3n) is 3.12. The first kappa shape index (κ1) is 15.8. The molecule has 0 amide bonds. The zero-order valence-electron chi connectivity index (χ0n) is 11.2. The van der Waals surface area contributed by atoms with E-state index < -0.39 is 24.6 Å². The minimum atomic E-state index is -1.07. The van der Waals surface area contributed by atoms with Crippen molar-refractivity contribution in [3.8, 4) is 0 Å². The number of nitrogens with one attached hydrogen (secondary N) is 1. The molecule has 4 N–H and O–H groups in total. The minimum absolute atomic E-state index is 0.332. The minimum Gasteiger partial charge on any atom is -0.394 e. The lowest BCUT2D eigenvalue weighted by Gasteiger charge is -2.40. The van der Waals surface area contributed by atoms with Gasteiger partial charge in [-0.05, 0) is 0 Å². The molecule has 0 aromatic carbocycles. The van der Waals surface area contributed by atoms with Crippen LogP contribution in [0.2, 0.25) is 0 Å². The van der Waals surface area contributed by atoms with Gasteiger partial charge in [0.25, 0.3) is 0 Å². The van der Waals surface area contributed by atoms with Crippen LogP contribution in [0.5, 0.6) is 0 Å². The highest BCUT2D eigenvalue weighted by Crippen LogP contribution is 2.26. The number of rotatable bonds is 6. The van der Waals surface area contributed by atoms with Gasteiger partial charge in [0.1, 0.15) is 12.2 Å². The maximum atomic E-state index is 9.83. The van der Waals surface area contributed by atoms with Crippen LogP contribution >= 0.6 is 0 Å². The smallest absolute Gasteiger partial charge is 0.163 e. The van der Waals surface area contributed by atoms with Gasteiger partial charge in [0.05, 0.1) is 19.3 Å². The third-order valence-corrected chi connectivity index (χ3v) is 3.12. The van der Waals surface area contributed by atoms with Crippen LogP contribution in [-0.2, 0) is 9.47 Å². The predicted molar refractivity (Wildman–Crippen MR) is 66.0 cm³/mol. The van der Waals surface area contributed by atoms with Gasteiger partial charge >= 0.3 is 0 Å². The van der Waals surface area contributed by atoms with Gasteiger partial charge in [-0.25, -0.2) is 0 Å². The van der Waals surface area contributed by atoms with E-state index in [0.717, 1.165) is 0 Å². The van der Waals surface area contributed by atoms with Crippen molar-refractivity contribution in [2.24, 2.45) is 5.92 Å². The highest BCUT2D eigenvalue weighted by Gasteiger charge is 2.42. The van der Waals surface area contributed by atoms with Crippen LogP contribution in [-0.4, -0.2) is 65.7 Å². The summed E-state index contributed by atoms with van der Waals surface area (Å²) in [6.45, 7) is 6.64. The molecule has 1 rings (SSSR count). The maximum Gasteiger partial charge on any atom is 0.163 e. The van der Waals surface area contributed by atoms with Crippen molar-refractivity contribution in [2.45, 2.75) is 51.4 Å². The van der Waals surface area contributed by atoms with E-state index in [-0.39, 0.29) is 12.5 Å². The standard InChI is InChI=1S/C12H25NO5/c1-7(2)13-4-5-17-12-8(3)10(15)11(16)9(6-14)18-12/h7-16H,4-6H2,1-3H3. The molecule has 0 aromatic heterocycles. The van der Waals surface area contributed by atoms with E-state index in [4.69, 9.17) is 14.6 Å². The van der Waals surface area contributed by atoms with E-state index in [1.807, 2.05) is 13.8 Å². The van der Waals surface area contributed by atoms with Crippen molar-refractivity contribution in [2.75, 3.05) is 19.8 Å². The van der Waals surface area contributed by atoms with Crippen LogP contribution in [0.4, 0.5) is 0 Å². The number of hydrogen-bond donors (Lipinski definition) is 4. The first-order chi connectivity index (χ1) is 8.47. The lowest BCUT2D eigenvalue weighted by Crippen LogP contribution is -2.55. The van der Waals surface area contributed by atoms with Crippen molar-refractivity contribution in [3.05, 3.63) is 0 Å². The summed E-state index contributed by atoms with van der Waals surface area (Å²) in [4.78, 5) is 0. The second-order valence-electron chi connectivity index (χ2n) is 5.05. The van der Waals surface area contributed by atoms with Crippen molar-refractivity contribution in [1.82, 2.24) is 5.32 Å². The number of hydrogen-bond acceptors (Lipinski definition) is 6. The summed E-state index contributed by atoms with van der Waals surface area (Å²) < 4.78 is 11.0. The first-order valence-electron chi connectivity index (χ1n) is 6.44. The van der Waals surface area contributed by atoms with Crippen LogP contribution in [0.1, 0.15) is 20.8 Å². The average Bonchev–Trinajstić information content (AvgIpc) is 2.34. The Kier molecular flexibility index (Phi) is 6.48. The zero-order valence-corrected chi connectivity index (χ0v) is 11.2. The summed E-state index contributed by atoms with van der Waals surface area (Å²) in [6, 6.07) is 0.385. The van der Waals surface area contributed by atoms with Gasteiger partial charge in [-0.15, -0.1) is 0 Å². The monoisotopic (exact) mass is 263 g/mol. The molecule has 0 saturated carbocycles. The van der Waals surface area contributed by atoms with E-state index in [0.29, 0.717) is 19.2 Å². The predicted octanol–water partition coefficient (Wildman–Crippen LogP) is -0.924. The van der Waals surface area contributed by atoms with Crippen LogP contribution in [0.25, 0.3) is 0 Å². The zero-order chi connectivity index (χ0) is 13.7. The molecule has 1 aliphatic heterocycles. The van der Waals surface area contributed by atoms with Crippen molar-refractivity contribution < 1.29 is 24.8 Å². The van der Waals surface area contributed by atoms with Crippen LogP contribution in [0.3, 0.4) is 0 Å². The fourth-order valence-electron chi connectivity index (χ4n) is 1.93. The Morgan fingerprint density at radius 1 is 1.28 bits per heavy atom. The molecule has 108 valence electrons.